The normalized spacial score (nSPS) is 11.2. The second-order valence-electron chi connectivity index (χ2n) is 5.86. The Morgan fingerprint density at radius 1 is 1.08 bits per heavy atom. The molecule has 1 N–H and O–H groups in total. The fourth-order valence-electron chi connectivity index (χ4n) is 3.07. The molecular weight excluding hydrogens is 328 g/mol. The highest BCUT2D eigenvalue weighted by molar-refractivity contribution is 5.81. The van der Waals surface area contributed by atoms with Crippen LogP contribution in [0.15, 0.2) is 72.0 Å². The second kappa shape index (κ2) is 5.96. The number of hydrogen-bond acceptors (Lipinski definition) is 6. The van der Waals surface area contributed by atoms with Crippen molar-refractivity contribution in [2.75, 3.05) is 5.32 Å². The molecule has 4 aromatic heterocycles. The van der Waals surface area contributed by atoms with Crippen LogP contribution in [0.4, 0.5) is 5.95 Å². The van der Waals surface area contributed by atoms with Gasteiger partial charge >= 0.3 is 0 Å². The second-order valence-corrected chi connectivity index (χ2v) is 5.86. The maximum Gasteiger partial charge on any atom is 0.210 e. The van der Waals surface area contributed by atoms with Crippen molar-refractivity contribution in [1.29, 1.82) is 0 Å². The summed E-state index contributed by atoms with van der Waals surface area (Å²) in [5.74, 6) is 0.684. The first-order valence-corrected chi connectivity index (χ1v) is 8.18. The van der Waals surface area contributed by atoms with Crippen LogP contribution in [-0.4, -0.2) is 24.6 Å². The third kappa shape index (κ3) is 2.37. The van der Waals surface area contributed by atoms with Gasteiger partial charge in [0, 0.05) is 36.1 Å². The van der Waals surface area contributed by atoms with Crippen LogP contribution in [0.2, 0.25) is 0 Å². The molecule has 126 valence electrons. The molecule has 0 bridgehead atoms. The lowest BCUT2D eigenvalue weighted by Gasteiger charge is -2.10. The van der Waals surface area contributed by atoms with Crippen LogP contribution >= 0.6 is 0 Å². The smallest absolute Gasteiger partial charge is 0.210 e. The largest absolute Gasteiger partial charge is 0.464 e. The molecule has 0 fully saturated rings. The Morgan fingerprint density at radius 2 is 2.00 bits per heavy atom. The van der Waals surface area contributed by atoms with Gasteiger partial charge in [-0.15, -0.1) is 10.2 Å². The number of benzene rings is 1. The van der Waals surface area contributed by atoms with Crippen molar-refractivity contribution >= 4 is 22.6 Å². The predicted octanol–water partition coefficient (Wildman–Crippen LogP) is 3.54. The summed E-state index contributed by atoms with van der Waals surface area (Å²) in [6.45, 7) is 0.617. The van der Waals surface area contributed by atoms with Crippen LogP contribution in [0.3, 0.4) is 0 Å². The molecule has 4 heterocycles. The Morgan fingerprint density at radius 3 is 2.92 bits per heavy atom. The fourth-order valence-corrected chi connectivity index (χ4v) is 3.07. The zero-order valence-electron chi connectivity index (χ0n) is 13.7. The average Bonchev–Trinajstić information content (AvgIpc) is 3.36. The van der Waals surface area contributed by atoms with E-state index in [1.54, 1.807) is 31.2 Å². The zero-order chi connectivity index (χ0) is 17.3. The van der Waals surface area contributed by atoms with E-state index in [1.807, 2.05) is 34.7 Å². The van der Waals surface area contributed by atoms with Crippen molar-refractivity contribution in [1.82, 2.24) is 24.6 Å². The molecule has 0 radical (unpaired) electrons. The van der Waals surface area contributed by atoms with Gasteiger partial charge in [0.05, 0.1) is 6.26 Å². The molecule has 0 amide bonds. The lowest BCUT2D eigenvalue weighted by molar-refractivity contribution is 0.616. The summed E-state index contributed by atoms with van der Waals surface area (Å²) >= 11 is 0. The molecule has 5 aromatic rings. The van der Waals surface area contributed by atoms with Gasteiger partial charge in [-0.3, -0.25) is 9.38 Å². The van der Waals surface area contributed by atoms with Gasteiger partial charge < -0.3 is 9.73 Å². The monoisotopic (exact) mass is 342 g/mol. The summed E-state index contributed by atoms with van der Waals surface area (Å²) in [5.41, 5.74) is 4.67. The van der Waals surface area contributed by atoms with Crippen molar-refractivity contribution in [3.05, 3.63) is 73.1 Å². The van der Waals surface area contributed by atoms with E-state index in [0.29, 0.717) is 12.5 Å². The molecule has 7 heteroatoms. The lowest BCUT2D eigenvalue weighted by Crippen LogP contribution is -2.07. The van der Waals surface area contributed by atoms with E-state index >= 15 is 0 Å². The van der Waals surface area contributed by atoms with E-state index in [1.165, 1.54) is 0 Å². The van der Waals surface area contributed by atoms with Gasteiger partial charge in [-0.25, -0.2) is 4.98 Å². The summed E-state index contributed by atoms with van der Waals surface area (Å²) in [4.78, 5) is 8.62. The van der Waals surface area contributed by atoms with Crippen molar-refractivity contribution in [3.63, 3.8) is 0 Å². The van der Waals surface area contributed by atoms with Crippen LogP contribution < -0.4 is 5.32 Å². The summed E-state index contributed by atoms with van der Waals surface area (Å²) < 4.78 is 7.31. The minimum Gasteiger partial charge on any atom is -0.464 e. The van der Waals surface area contributed by atoms with Gasteiger partial charge in [-0.05, 0) is 35.4 Å². The number of anilines is 1. The number of nitrogens with zero attached hydrogens (tertiary/aromatic N) is 5. The van der Waals surface area contributed by atoms with Crippen LogP contribution in [0.1, 0.15) is 5.56 Å². The quantitative estimate of drug-likeness (QED) is 0.538. The third-order valence-corrected chi connectivity index (χ3v) is 4.35. The summed E-state index contributed by atoms with van der Waals surface area (Å²) in [7, 11) is 0. The standard InChI is InChI=1S/C19H14N6O/c1-2-14(15-6-9-26-17(15)3-1)10-21-19-22-11-16(13-4-7-20-8-5-13)18-24-23-12-25(18)19/h1-9,11-12H,10H2,(H,21,22). The number of nitrogens with one attached hydrogen (secondary N) is 1. The predicted molar refractivity (Wildman–Crippen MR) is 97.6 cm³/mol. The highest BCUT2D eigenvalue weighted by Crippen LogP contribution is 2.25. The average molecular weight is 342 g/mol. The first-order valence-electron chi connectivity index (χ1n) is 8.18. The number of aromatic nitrogens is 5. The van der Waals surface area contributed by atoms with E-state index in [4.69, 9.17) is 4.42 Å². The Bertz CT molecular complexity index is 1190. The fraction of sp³-hybridized carbons (Fsp3) is 0.0526. The number of fused-ring (bicyclic) bond motifs is 2. The minimum atomic E-state index is 0.617. The molecule has 7 nitrogen and oxygen atoms in total. The molecule has 5 rings (SSSR count). The van der Waals surface area contributed by atoms with Crippen LogP contribution in [0.25, 0.3) is 27.7 Å². The Labute approximate surface area is 148 Å². The Hall–Kier alpha value is -3.74. The number of furan rings is 1. The maximum absolute atomic E-state index is 5.46. The van der Waals surface area contributed by atoms with Gasteiger partial charge in [0.2, 0.25) is 5.95 Å². The SMILES string of the molecule is c1cc(CNc2ncc(-c3ccncc3)c3nncn23)c2ccoc2c1. The van der Waals surface area contributed by atoms with Crippen molar-refractivity contribution in [3.8, 4) is 11.1 Å². The first kappa shape index (κ1) is 14.6. The molecule has 0 atom stereocenters. The molecule has 0 aliphatic rings. The summed E-state index contributed by atoms with van der Waals surface area (Å²) in [6.07, 6.45) is 8.67. The molecule has 0 saturated heterocycles. The van der Waals surface area contributed by atoms with Gasteiger partial charge in [0.15, 0.2) is 5.65 Å². The topological polar surface area (TPSA) is 81.1 Å². The van der Waals surface area contributed by atoms with E-state index < -0.39 is 0 Å². The minimum absolute atomic E-state index is 0.617. The van der Waals surface area contributed by atoms with Crippen molar-refractivity contribution in [2.45, 2.75) is 6.54 Å². The highest BCUT2D eigenvalue weighted by atomic mass is 16.3. The van der Waals surface area contributed by atoms with Crippen LogP contribution in [-0.2, 0) is 6.54 Å². The van der Waals surface area contributed by atoms with E-state index in [9.17, 15) is 0 Å². The highest BCUT2D eigenvalue weighted by Gasteiger charge is 2.11. The third-order valence-electron chi connectivity index (χ3n) is 4.35. The lowest BCUT2D eigenvalue weighted by atomic mass is 10.1. The Balaban J connectivity index is 1.51. The van der Waals surface area contributed by atoms with Gasteiger partial charge in [-0.2, -0.15) is 0 Å². The molecule has 0 saturated carbocycles. The van der Waals surface area contributed by atoms with Gasteiger partial charge in [-0.1, -0.05) is 12.1 Å². The van der Waals surface area contributed by atoms with E-state index in [2.05, 4.69) is 31.5 Å². The summed E-state index contributed by atoms with van der Waals surface area (Å²) in [5, 5.41) is 12.8. The van der Waals surface area contributed by atoms with Gasteiger partial charge in [0.25, 0.3) is 0 Å². The van der Waals surface area contributed by atoms with Crippen molar-refractivity contribution < 1.29 is 4.42 Å². The van der Waals surface area contributed by atoms with E-state index in [0.717, 1.165) is 33.3 Å². The van der Waals surface area contributed by atoms with E-state index in [-0.39, 0.29) is 0 Å². The molecule has 26 heavy (non-hydrogen) atoms. The molecule has 0 aliphatic heterocycles. The molecular formula is C19H14N6O. The van der Waals surface area contributed by atoms with Crippen LogP contribution in [0, 0.1) is 0 Å². The molecule has 0 unspecified atom stereocenters. The van der Waals surface area contributed by atoms with Crippen LogP contribution in [0.5, 0.6) is 0 Å². The number of rotatable bonds is 4. The van der Waals surface area contributed by atoms with Crippen molar-refractivity contribution in [2.24, 2.45) is 0 Å². The Kier molecular flexibility index (Phi) is 3.35. The van der Waals surface area contributed by atoms with Gasteiger partial charge in [0.1, 0.15) is 11.9 Å². The zero-order valence-corrected chi connectivity index (χ0v) is 13.7. The summed E-state index contributed by atoms with van der Waals surface area (Å²) in [6, 6.07) is 11.8. The number of hydrogen-bond donors (Lipinski definition) is 1. The maximum atomic E-state index is 5.46. The molecule has 0 aliphatic carbocycles. The molecule has 1 aromatic carbocycles. The number of pyridine rings is 1. The first-order chi connectivity index (χ1) is 12.9. The molecule has 0 spiro atoms.